The number of nitrogens with zero attached hydrogens (tertiary/aromatic N) is 4. The number of ether oxygens (including phenoxy) is 1. The second-order valence-corrected chi connectivity index (χ2v) is 12.3. The Labute approximate surface area is 215 Å². The van der Waals surface area contributed by atoms with E-state index in [-0.39, 0.29) is 11.9 Å². The first kappa shape index (κ1) is 25.1. The molecule has 0 bridgehead atoms. The van der Waals surface area contributed by atoms with Crippen molar-refractivity contribution < 1.29 is 14.3 Å². The van der Waals surface area contributed by atoms with E-state index in [1.165, 1.54) is 42.5 Å². The number of rotatable bonds is 5. The summed E-state index contributed by atoms with van der Waals surface area (Å²) in [5.41, 5.74) is 4.62. The van der Waals surface area contributed by atoms with Crippen LogP contribution in [0, 0.1) is 19.8 Å². The molecule has 5 rings (SSSR count). The number of aryl methyl sites for hydroxylation is 2. The minimum Gasteiger partial charge on any atom is -0.442 e. The maximum absolute atomic E-state index is 14.0. The summed E-state index contributed by atoms with van der Waals surface area (Å²) in [4.78, 5) is 28.7. The Balaban J connectivity index is 1.33. The first-order valence-electron chi connectivity index (χ1n) is 13.9. The molecule has 7 nitrogen and oxygen atoms in total. The van der Waals surface area contributed by atoms with Gasteiger partial charge in [-0.15, -0.1) is 0 Å². The summed E-state index contributed by atoms with van der Waals surface area (Å²) in [6, 6.07) is 2.58. The smallest absolute Gasteiger partial charge is 0.435 e. The molecular formula is C29H42N4O3. The number of carbonyl (C=O) groups excluding carboxylic acids is 2. The number of aromatic nitrogens is 3. The Morgan fingerprint density at radius 3 is 2.44 bits per heavy atom. The summed E-state index contributed by atoms with van der Waals surface area (Å²) >= 11 is 0. The van der Waals surface area contributed by atoms with Crippen molar-refractivity contribution in [1.82, 2.24) is 19.2 Å². The Hall–Kier alpha value is -2.57. The average Bonchev–Trinajstić information content (AvgIpc) is 3.49. The zero-order valence-corrected chi connectivity index (χ0v) is 22.7. The number of hydrogen-bond donors (Lipinski definition) is 0. The Bertz CT molecular complexity index is 1130. The van der Waals surface area contributed by atoms with E-state index in [0.717, 1.165) is 67.1 Å². The average molecular weight is 495 g/mol. The fourth-order valence-electron chi connectivity index (χ4n) is 6.17. The lowest BCUT2D eigenvalue weighted by atomic mass is 9.89. The van der Waals surface area contributed by atoms with Gasteiger partial charge in [0.1, 0.15) is 5.60 Å². The molecule has 0 saturated heterocycles. The molecule has 2 saturated carbocycles. The summed E-state index contributed by atoms with van der Waals surface area (Å²) in [7, 11) is 0. The maximum atomic E-state index is 14.0. The molecule has 2 aromatic rings. The lowest BCUT2D eigenvalue weighted by molar-refractivity contribution is 0.0513. The minimum atomic E-state index is -0.565. The molecule has 1 unspecified atom stereocenters. The molecule has 3 aliphatic carbocycles. The summed E-state index contributed by atoms with van der Waals surface area (Å²) in [6.07, 6.45) is 12.5. The van der Waals surface area contributed by atoms with Gasteiger partial charge in [-0.05, 0) is 97.1 Å². The third-order valence-corrected chi connectivity index (χ3v) is 8.17. The summed E-state index contributed by atoms with van der Waals surface area (Å²) in [5.74, 6) is 0.901. The number of amides is 1. The van der Waals surface area contributed by atoms with E-state index in [1.54, 1.807) is 6.20 Å². The molecule has 0 aliphatic heterocycles. The van der Waals surface area contributed by atoms with Crippen LogP contribution in [0.25, 0.3) is 0 Å². The molecule has 2 aromatic heterocycles. The lowest BCUT2D eigenvalue weighted by Gasteiger charge is -2.34. The maximum Gasteiger partial charge on any atom is 0.435 e. The largest absolute Gasteiger partial charge is 0.442 e. The number of hydrogen-bond acceptors (Lipinski definition) is 4. The van der Waals surface area contributed by atoms with Crippen LogP contribution in [0.4, 0.5) is 4.79 Å². The highest BCUT2D eigenvalue weighted by atomic mass is 16.6. The highest BCUT2D eigenvalue weighted by Gasteiger charge is 2.40. The number of fused-ring (bicyclic) bond motifs is 1. The standard InChI is InChI=1S/C29H42N4O3/c1-19-15-25(20(2)31(19)17-21-9-7-6-8-10-21)27(34)33(23-11-12-23)24-13-14-26-22(16-24)18-32(30-26)28(35)36-29(3,4)5/h15,18,21,23-24H,6-14,16-17H2,1-5H3. The molecule has 1 amide bonds. The van der Waals surface area contributed by atoms with Crippen LogP contribution < -0.4 is 0 Å². The monoisotopic (exact) mass is 494 g/mol. The van der Waals surface area contributed by atoms with Crippen LogP contribution in [0.1, 0.15) is 105 Å². The van der Waals surface area contributed by atoms with Gasteiger partial charge in [0, 0.05) is 36.2 Å². The van der Waals surface area contributed by atoms with Crippen LogP contribution >= 0.6 is 0 Å². The molecule has 0 radical (unpaired) electrons. The molecule has 3 aliphatic rings. The van der Waals surface area contributed by atoms with Crippen LogP contribution in [-0.2, 0) is 24.1 Å². The topological polar surface area (TPSA) is 69.4 Å². The van der Waals surface area contributed by atoms with Crippen molar-refractivity contribution >= 4 is 12.0 Å². The summed E-state index contributed by atoms with van der Waals surface area (Å²) < 4.78 is 9.22. The van der Waals surface area contributed by atoms with Crippen LogP contribution in [0.15, 0.2) is 12.3 Å². The van der Waals surface area contributed by atoms with Gasteiger partial charge in [-0.1, -0.05) is 19.3 Å². The fraction of sp³-hybridized carbons (Fsp3) is 0.690. The third kappa shape index (κ3) is 5.25. The molecule has 0 N–H and O–H groups in total. The first-order chi connectivity index (χ1) is 17.1. The molecule has 1 atom stereocenters. The Kier molecular flexibility index (Phi) is 6.77. The van der Waals surface area contributed by atoms with Crippen molar-refractivity contribution in [1.29, 1.82) is 0 Å². The number of carbonyl (C=O) groups is 2. The van der Waals surface area contributed by atoms with Crippen LogP contribution in [0.3, 0.4) is 0 Å². The van der Waals surface area contributed by atoms with Crippen molar-refractivity contribution in [3.8, 4) is 0 Å². The molecular weight excluding hydrogens is 452 g/mol. The predicted octanol–water partition coefficient (Wildman–Crippen LogP) is 5.83. The van der Waals surface area contributed by atoms with Crippen molar-refractivity contribution in [2.24, 2.45) is 5.92 Å². The fourth-order valence-corrected chi connectivity index (χ4v) is 6.17. The van der Waals surface area contributed by atoms with E-state index in [9.17, 15) is 9.59 Å². The summed E-state index contributed by atoms with van der Waals surface area (Å²) in [6.45, 7) is 10.9. The SMILES string of the molecule is Cc1cc(C(=O)N(C2CC2)C2CCc3nn(C(=O)OC(C)(C)C)cc3C2)c(C)n1CC1CCCCC1. The van der Waals surface area contributed by atoms with Gasteiger partial charge in [0.05, 0.1) is 11.3 Å². The van der Waals surface area contributed by atoms with E-state index >= 15 is 0 Å². The third-order valence-electron chi connectivity index (χ3n) is 8.17. The van der Waals surface area contributed by atoms with Crippen molar-refractivity contribution in [2.75, 3.05) is 0 Å². The minimum absolute atomic E-state index is 0.134. The second kappa shape index (κ2) is 9.71. The van der Waals surface area contributed by atoms with Gasteiger partial charge in [-0.3, -0.25) is 4.79 Å². The zero-order chi connectivity index (χ0) is 25.6. The van der Waals surface area contributed by atoms with Crippen molar-refractivity contribution in [2.45, 2.75) is 123 Å². The Morgan fingerprint density at radius 1 is 1.06 bits per heavy atom. The first-order valence-corrected chi connectivity index (χ1v) is 13.9. The Morgan fingerprint density at radius 2 is 1.78 bits per heavy atom. The van der Waals surface area contributed by atoms with Crippen LogP contribution in [-0.4, -0.2) is 48.9 Å². The van der Waals surface area contributed by atoms with Gasteiger partial charge >= 0.3 is 6.09 Å². The molecule has 36 heavy (non-hydrogen) atoms. The van der Waals surface area contributed by atoms with Gasteiger partial charge in [0.25, 0.3) is 5.91 Å². The van der Waals surface area contributed by atoms with Gasteiger partial charge in [0.15, 0.2) is 0 Å². The van der Waals surface area contributed by atoms with E-state index in [4.69, 9.17) is 4.74 Å². The molecule has 2 heterocycles. The van der Waals surface area contributed by atoms with Gasteiger partial charge in [0.2, 0.25) is 0 Å². The molecule has 7 heteroatoms. The van der Waals surface area contributed by atoms with Crippen LogP contribution in [0.5, 0.6) is 0 Å². The predicted molar refractivity (Wildman–Crippen MR) is 139 cm³/mol. The van der Waals surface area contributed by atoms with E-state index < -0.39 is 11.7 Å². The van der Waals surface area contributed by atoms with E-state index in [2.05, 4.69) is 34.5 Å². The molecule has 196 valence electrons. The van der Waals surface area contributed by atoms with Gasteiger partial charge < -0.3 is 14.2 Å². The second-order valence-electron chi connectivity index (χ2n) is 12.3. The van der Waals surface area contributed by atoms with E-state index in [1.807, 2.05) is 20.8 Å². The lowest BCUT2D eigenvalue weighted by Crippen LogP contribution is -2.45. The highest BCUT2D eigenvalue weighted by molar-refractivity contribution is 5.96. The van der Waals surface area contributed by atoms with Crippen molar-refractivity contribution in [3.05, 3.63) is 40.5 Å². The van der Waals surface area contributed by atoms with Crippen LogP contribution in [0.2, 0.25) is 0 Å². The van der Waals surface area contributed by atoms with Crippen molar-refractivity contribution in [3.63, 3.8) is 0 Å². The zero-order valence-electron chi connectivity index (χ0n) is 22.7. The highest BCUT2D eigenvalue weighted by Crippen LogP contribution is 2.36. The normalized spacial score (nSPS) is 20.8. The summed E-state index contributed by atoms with van der Waals surface area (Å²) in [5, 5.41) is 4.51. The molecule has 2 fully saturated rings. The molecule has 0 aromatic carbocycles. The van der Waals surface area contributed by atoms with E-state index in [0.29, 0.717) is 6.04 Å². The quantitative estimate of drug-likeness (QED) is 0.525. The molecule has 0 spiro atoms. The van der Waals surface area contributed by atoms with Gasteiger partial charge in [-0.25, -0.2) is 4.79 Å². The van der Waals surface area contributed by atoms with Gasteiger partial charge in [-0.2, -0.15) is 9.78 Å².